The van der Waals surface area contributed by atoms with Crippen LogP contribution < -0.4 is 0 Å². The molecule has 3 atom stereocenters. The Morgan fingerprint density at radius 3 is 2.75 bits per heavy atom. The summed E-state index contributed by atoms with van der Waals surface area (Å²) >= 11 is 0. The Morgan fingerprint density at radius 2 is 2.25 bits per heavy atom. The van der Waals surface area contributed by atoms with Crippen molar-refractivity contribution in [3.8, 4) is 0 Å². The Hall–Kier alpha value is -0.830. The van der Waals surface area contributed by atoms with Crippen LogP contribution >= 0.6 is 0 Å². The summed E-state index contributed by atoms with van der Waals surface area (Å²) in [5, 5.41) is 18.2. The first-order valence-electron chi connectivity index (χ1n) is 4.20. The van der Waals surface area contributed by atoms with Gasteiger partial charge in [-0.3, -0.25) is 4.79 Å². The molecule has 0 aromatic heterocycles. The van der Waals surface area contributed by atoms with E-state index in [9.17, 15) is 9.90 Å². The van der Waals surface area contributed by atoms with Gasteiger partial charge < -0.3 is 10.2 Å². The van der Waals surface area contributed by atoms with Crippen LogP contribution in [0.3, 0.4) is 0 Å². The Balaban J connectivity index is 2.63. The van der Waals surface area contributed by atoms with Crippen molar-refractivity contribution >= 4 is 5.97 Å². The number of carboxylic acids is 1. The maximum atomic E-state index is 10.7. The summed E-state index contributed by atoms with van der Waals surface area (Å²) in [6, 6.07) is 0. The minimum atomic E-state index is -0.793. The minimum absolute atomic E-state index is 0.125. The van der Waals surface area contributed by atoms with Crippen molar-refractivity contribution in [3.05, 3.63) is 12.7 Å². The van der Waals surface area contributed by atoms with E-state index in [1.807, 2.05) is 0 Å². The number of hydrogen-bond acceptors (Lipinski definition) is 2. The van der Waals surface area contributed by atoms with Gasteiger partial charge in [0.05, 0.1) is 12.0 Å². The van der Waals surface area contributed by atoms with E-state index in [0.717, 1.165) is 12.8 Å². The first kappa shape index (κ1) is 9.26. The molecular formula is C9H14O3. The third-order valence-corrected chi connectivity index (χ3v) is 2.57. The average Bonchev–Trinajstić information content (AvgIpc) is 2.50. The molecule has 0 saturated heterocycles. The molecule has 0 spiro atoms. The van der Waals surface area contributed by atoms with E-state index in [2.05, 4.69) is 6.58 Å². The Morgan fingerprint density at radius 1 is 1.58 bits per heavy atom. The zero-order valence-electron chi connectivity index (χ0n) is 6.94. The lowest BCUT2D eigenvalue weighted by Crippen LogP contribution is -2.27. The molecule has 1 saturated carbocycles. The van der Waals surface area contributed by atoms with Gasteiger partial charge in [0.15, 0.2) is 0 Å². The van der Waals surface area contributed by atoms with Crippen molar-refractivity contribution in [2.24, 2.45) is 11.8 Å². The fourth-order valence-corrected chi connectivity index (χ4v) is 1.88. The van der Waals surface area contributed by atoms with E-state index in [1.165, 1.54) is 6.08 Å². The molecule has 2 N–H and O–H groups in total. The summed E-state index contributed by atoms with van der Waals surface area (Å²) in [5.41, 5.74) is 0. The fraction of sp³-hybridized carbons (Fsp3) is 0.667. The lowest BCUT2D eigenvalue weighted by atomic mass is 9.91. The highest BCUT2D eigenvalue weighted by atomic mass is 16.4. The SMILES string of the molecule is C=CC(O)[C@@H]1CCC[C@H]1C(=O)O. The quantitative estimate of drug-likeness (QED) is 0.622. The minimum Gasteiger partial charge on any atom is -0.481 e. The van der Waals surface area contributed by atoms with Crippen LogP contribution in [0, 0.1) is 11.8 Å². The molecule has 0 bridgehead atoms. The van der Waals surface area contributed by atoms with Gasteiger partial charge in [-0.05, 0) is 12.8 Å². The van der Waals surface area contributed by atoms with Gasteiger partial charge in [0.25, 0.3) is 0 Å². The van der Waals surface area contributed by atoms with Gasteiger partial charge in [-0.2, -0.15) is 0 Å². The zero-order chi connectivity index (χ0) is 9.14. The van der Waals surface area contributed by atoms with E-state index < -0.39 is 12.1 Å². The number of rotatable bonds is 3. The summed E-state index contributed by atoms with van der Waals surface area (Å²) in [7, 11) is 0. The number of carbonyl (C=O) groups is 1. The molecule has 0 aliphatic heterocycles. The first-order valence-corrected chi connectivity index (χ1v) is 4.20. The smallest absolute Gasteiger partial charge is 0.306 e. The van der Waals surface area contributed by atoms with E-state index in [4.69, 9.17) is 5.11 Å². The van der Waals surface area contributed by atoms with E-state index in [0.29, 0.717) is 6.42 Å². The third-order valence-electron chi connectivity index (χ3n) is 2.57. The predicted molar refractivity (Wildman–Crippen MR) is 44.7 cm³/mol. The van der Waals surface area contributed by atoms with Crippen LogP contribution in [0.4, 0.5) is 0 Å². The Labute approximate surface area is 71.7 Å². The second-order valence-corrected chi connectivity index (χ2v) is 3.27. The molecule has 68 valence electrons. The summed E-state index contributed by atoms with van der Waals surface area (Å²) < 4.78 is 0. The van der Waals surface area contributed by atoms with Crippen LogP contribution in [0.15, 0.2) is 12.7 Å². The molecule has 1 unspecified atom stereocenters. The van der Waals surface area contributed by atoms with Crippen LogP contribution in [0.5, 0.6) is 0 Å². The third kappa shape index (κ3) is 1.67. The predicted octanol–water partition coefficient (Wildman–Crippen LogP) is 1.03. The van der Waals surface area contributed by atoms with Gasteiger partial charge in [-0.1, -0.05) is 12.5 Å². The number of aliphatic hydroxyl groups is 1. The van der Waals surface area contributed by atoms with Crippen LogP contribution in [-0.2, 0) is 4.79 Å². The second-order valence-electron chi connectivity index (χ2n) is 3.27. The topological polar surface area (TPSA) is 57.5 Å². The molecular weight excluding hydrogens is 156 g/mol. The summed E-state index contributed by atoms with van der Waals surface area (Å²) in [6.45, 7) is 3.46. The molecule has 0 heterocycles. The van der Waals surface area contributed by atoms with Crippen molar-refractivity contribution < 1.29 is 15.0 Å². The monoisotopic (exact) mass is 170 g/mol. The van der Waals surface area contributed by atoms with Crippen LogP contribution in [0.1, 0.15) is 19.3 Å². The number of carboxylic acid groups (broad SMARTS) is 1. The van der Waals surface area contributed by atoms with Crippen molar-refractivity contribution in [2.75, 3.05) is 0 Å². The van der Waals surface area contributed by atoms with Crippen molar-refractivity contribution in [3.63, 3.8) is 0 Å². The van der Waals surface area contributed by atoms with Crippen LogP contribution in [0.2, 0.25) is 0 Å². The molecule has 1 rings (SSSR count). The lowest BCUT2D eigenvalue weighted by molar-refractivity contribution is -0.144. The fourth-order valence-electron chi connectivity index (χ4n) is 1.88. The highest BCUT2D eigenvalue weighted by molar-refractivity contribution is 5.70. The standard InChI is InChI=1S/C9H14O3/c1-2-8(10)6-4-3-5-7(6)9(11)12/h2,6-8,10H,1,3-5H2,(H,11,12)/t6-,7-,8?/m1/s1. The summed E-state index contributed by atoms with van der Waals surface area (Å²) in [5.74, 6) is -1.30. The molecule has 3 nitrogen and oxygen atoms in total. The van der Waals surface area contributed by atoms with Gasteiger partial charge in [-0.25, -0.2) is 0 Å². The maximum absolute atomic E-state index is 10.7. The number of aliphatic carboxylic acids is 1. The second kappa shape index (κ2) is 3.72. The number of hydrogen-bond donors (Lipinski definition) is 2. The highest BCUT2D eigenvalue weighted by Crippen LogP contribution is 2.34. The average molecular weight is 170 g/mol. The lowest BCUT2D eigenvalue weighted by Gasteiger charge is -2.18. The van der Waals surface area contributed by atoms with Crippen LogP contribution in [-0.4, -0.2) is 22.3 Å². The Bertz CT molecular complexity index is 188. The molecule has 0 aromatic rings. The summed E-state index contributed by atoms with van der Waals surface area (Å²) in [4.78, 5) is 10.7. The van der Waals surface area contributed by atoms with Gasteiger partial charge in [0, 0.05) is 5.92 Å². The van der Waals surface area contributed by atoms with Gasteiger partial charge in [0.1, 0.15) is 0 Å². The molecule has 0 amide bonds. The van der Waals surface area contributed by atoms with Gasteiger partial charge >= 0.3 is 5.97 Å². The van der Waals surface area contributed by atoms with E-state index in [-0.39, 0.29) is 11.8 Å². The first-order chi connectivity index (χ1) is 5.66. The molecule has 0 aromatic carbocycles. The van der Waals surface area contributed by atoms with Crippen LogP contribution in [0.25, 0.3) is 0 Å². The van der Waals surface area contributed by atoms with Gasteiger partial charge in [-0.15, -0.1) is 6.58 Å². The van der Waals surface area contributed by atoms with Gasteiger partial charge in [0.2, 0.25) is 0 Å². The Kier molecular flexibility index (Phi) is 2.87. The molecule has 1 aliphatic rings. The highest BCUT2D eigenvalue weighted by Gasteiger charge is 2.36. The molecule has 12 heavy (non-hydrogen) atoms. The maximum Gasteiger partial charge on any atom is 0.306 e. The van der Waals surface area contributed by atoms with Crippen molar-refractivity contribution in [2.45, 2.75) is 25.4 Å². The van der Waals surface area contributed by atoms with Crippen molar-refractivity contribution in [1.82, 2.24) is 0 Å². The molecule has 1 aliphatic carbocycles. The number of aliphatic hydroxyl groups excluding tert-OH is 1. The summed E-state index contributed by atoms with van der Waals surface area (Å²) in [6.07, 6.45) is 3.14. The van der Waals surface area contributed by atoms with E-state index >= 15 is 0 Å². The normalized spacial score (nSPS) is 31.4. The zero-order valence-corrected chi connectivity index (χ0v) is 6.94. The van der Waals surface area contributed by atoms with E-state index in [1.54, 1.807) is 0 Å². The molecule has 0 radical (unpaired) electrons. The molecule has 1 fully saturated rings. The molecule has 3 heteroatoms. The largest absolute Gasteiger partial charge is 0.481 e. The van der Waals surface area contributed by atoms with Crippen molar-refractivity contribution in [1.29, 1.82) is 0 Å².